The van der Waals surface area contributed by atoms with Gasteiger partial charge >= 0.3 is 6.03 Å². The second kappa shape index (κ2) is 5.99. The van der Waals surface area contributed by atoms with Crippen LogP contribution < -0.4 is 11.1 Å². The summed E-state index contributed by atoms with van der Waals surface area (Å²) in [6.07, 6.45) is 0. The summed E-state index contributed by atoms with van der Waals surface area (Å²) in [5.74, 6) is -0.382. The van der Waals surface area contributed by atoms with Crippen molar-refractivity contribution in [2.24, 2.45) is 5.73 Å². The number of urea groups is 1. The zero-order chi connectivity index (χ0) is 14.5. The van der Waals surface area contributed by atoms with E-state index in [9.17, 15) is 9.59 Å². The number of carbonyl (C=O) groups excluding carboxylic acids is 2. The minimum absolute atomic E-state index is 0.376. The van der Waals surface area contributed by atoms with E-state index in [0.717, 1.165) is 5.56 Å². The van der Waals surface area contributed by atoms with Crippen LogP contribution in [0.2, 0.25) is 0 Å². The smallest absolute Gasteiger partial charge is 0.316 e. The number of anilines is 1. The molecule has 0 aliphatic rings. The highest BCUT2D eigenvalue weighted by Gasteiger charge is 2.11. The summed E-state index contributed by atoms with van der Waals surface area (Å²) in [7, 11) is 0. The first kappa shape index (κ1) is 13.8. The monoisotopic (exact) mass is 270 g/mol. The van der Waals surface area contributed by atoms with Crippen LogP contribution in [0.15, 0.2) is 48.5 Å². The summed E-state index contributed by atoms with van der Waals surface area (Å²) >= 11 is 0. The molecule has 0 unspecified atom stereocenters. The van der Waals surface area contributed by atoms with Crippen LogP contribution in [0.25, 0.3) is 11.1 Å². The number of primary amides is 1. The van der Waals surface area contributed by atoms with E-state index < -0.39 is 12.6 Å². The highest BCUT2D eigenvalue weighted by Crippen LogP contribution is 2.29. The Morgan fingerprint density at radius 2 is 1.80 bits per heavy atom. The number of carbonyl (C=O) groups is 2. The fourth-order valence-corrected chi connectivity index (χ4v) is 1.91. The Hall–Kier alpha value is -2.66. The highest BCUT2D eigenvalue weighted by atomic mass is 16.3. The Bertz CT molecular complexity index is 639. The quantitative estimate of drug-likeness (QED) is 0.742. The first-order chi connectivity index (χ1) is 9.61. The summed E-state index contributed by atoms with van der Waals surface area (Å²) in [5, 5.41) is 11.4. The molecule has 20 heavy (non-hydrogen) atoms. The molecule has 5 heteroatoms. The van der Waals surface area contributed by atoms with E-state index in [0.29, 0.717) is 16.8 Å². The van der Waals surface area contributed by atoms with Gasteiger partial charge < -0.3 is 16.2 Å². The zero-order valence-electron chi connectivity index (χ0n) is 10.7. The number of nitrogens with one attached hydrogen (secondary N) is 1. The molecule has 0 bridgehead atoms. The number of hydrogen-bond donors (Lipinski definition) is 3. The molecule has 0 saturated heterocycles. The van der Waals surface area contributed by atoms with Crippen molar-refractivity contribution in [3.63, 3.8) is 0 Å². The van der Waals surface area contributed by atoms with E-state index in [1.807, 2.05) is 30.3 Å². The maximum Gasteiger partial charge on any atom is 0.316 e. The van der Waals surface area contributed by atoms with Gasteiger partial charge in [0.15, 0.2) is 5.78 Å². The van der Waals surface area contributed by atoms with Gasteiger partial charge in [-0.25, -0.2) is 4.79 Å². The van der Waals surface area contributed by atoms with E-state index in [1.165, 1.54) is 6.07 Å². The van der Waals surface area contributed by atoms with Crippen molar-refractivity contribution in [1.82, 2.24) is 0 Å². The van der Waals surface area contributed by atoms with Crippen LogP contribution in [0, 0.1) is 0 Å². The van der Waals surface area contributed by atoms with E-state index in [4.69, 9.17) is 10.8 Å². The van der Waals surface area contributed by atoms with Crippen LogP contribution in [0.1, 0.15) is 10.4 Å². The molecule has 102 valence electrons. The Balaban J connectivity index is 2.54. The minimum atomic E-state index is -0.677. The highest BCUT2D eigenvalue weighted by molar-refractivity contribution is 6.01. The lowest BCUT2D eigenvalue weighted by atomic mass is 9.99. The lowest BCUT2D eigenvalue weighted by Gasteiger charge is -2.11. The number of benzene rings is 2. The third-order valence-electron chi connectivity index (χ3n) is 2.83. The lowest BCUT2D eigenvalue weighted by molar-refractivity contribution is 0.0904. The molecule has 0 heterocycles. The van der Waals surface area contributed by atoms with Crippen LogP contribution in [-0.4, -0.2) is 23.5 Å². The fourth-order valence-electron chi connectivity index (χ4n) is 1.91. The van der Waals surface area contributed by atoms with Crippen molar-refractivity contribution in [2.75, 3.05) is 11.9 Å². The Kier molecular flexibility index (Phi) is 4.12. The molecule has 2 aromatic rings. The second-order valence-corrected chi connectivity index (χ2v) is 4.20. The first-order valence-corrected chi connectivity index (χ1v) is 6.02. The lowest BCUT2D eigenvalue weighted by Crippen LogP contribution is -2.20. The third kappa shape index (κ3) is 3.02. The topological polar surface area (TPSA) is 92.4 Å². The Morgan fingerprint density at radius 1 is 1.10 bits per heavy atom. The van der Waals surface area contributed by atoms with E-state index >= 15 is 0 Å². The predicted molar refractivity (Wildman–Crippen MR) is 76.5 cm³/mol. The average molecular weight is 270 g/mol. The molecule has 5 nitrogen and oxygen atoms in total. The van der Waals surface area contributed by atoms with Gasteiger partial charge in [-0.15, -0.1) is 0 Å². The van der Waals surface area contributed by atoms with E-state index in [1.54, 1.807) is 12.1 Å². The maximum absolute atomic E-state index is 11.6. The zero-order valence-corrected chi connectivity index (χ0v) is 10.7. The van der Waals surface area contributed by atoms with Gasteiger partial charge in [0.25, 0.3) is 0 Å². The normalized spacial score (nSPS) is 10.1. The molecular weight excluding hydrogens is 256 g/mol. The first-order valence-electron chi connectivity index (χ1n) is 6.02. The molecule has 0 aliphatic carbocycles. The minimum Gasteiger partial charge on any atom is -0.388 e. The van der Waals surface area contributed by atoms with Gasteiger partial charge in [-0.2, -0.15) is 0 Å². The second-order valence-electron chi connectivity index (χ2n) is 4.20. The molecule has 0 fully saturated rings. The molecule has 0 aliphatic heterocycles. The largest absolute Gasteiger partial charge is 0.388 e. The molecule has 2 rings (SSSR count). The molecule has 2 aromatic carbocycles. The number of Topliss-reactive ketones (excluding diaryl/α,β-unsaturated/α-hetero) is 1. The SMILES string of the molecule is NC(=O)Nc1ccc(C(=O)CO)cc1-c1ccccc1. The number of ketones is 1. The van der Waals surface area contributed by atoms with Crippen molar-refractivity contribution in [1.29, 1.82) is 0 Å². The molecule has 0 aromatic heterocycles. The molecule has 0 radical (unpaired) electrons. The van der Waals surface area contributed by atoms with Crippen LogP contribution >= 0.6 is 0 Å². The van der Waals surface area contributed by atoms with Crippen molar-refractivity contribution in [2.45, 2.75) is 0 Å². The summed E-state index contributed by atoms with van der Waals surface area (Å²) in [5.41, 5.74) is 7.53. The number of aliphatic hydroxyl groups excluding tert-OH is 1. The summed E-state index contributed by atoms with van der Waals surface area (Å²) in [6.45, 7) is -0.559. The van der Waals surface area contributed by atoms with Gasteiger partial charge in [-0.05, 0) is 23.8 Å². The molecule has 4 N–H and O–H groups in total. The summed E-state index contributed by atoms with van der Waals surface area (Å²) in [4.78, 5) is 22.6. The molecule has 0 saturated carbocycles. The van der Waals surface area contributed by atoms with Gasteiger partial charge in [0.2, 0.25) is 0 Å². The van der Waals surface area contributed by atoms with Crippen molar-refractivity contribution >= 4 is 17.5 Å². The average Bonchev–Trinajstić information content (AvgIpc) is 2.47. The molecule has 0 atom stereocenters. The molecule has 0 spiro atoms. The van der Waals surface area contributed by atoms with Gasteiger partial charge in [-0.3, -0.25) is 4.79 Å². The Morgan fingerprint density at radius 3 is 2.40 bits per heavy atom. The fraction of sp³-hybridized carbons (Fsp3) is 0.0667. The van der Waals surface area contributed by atoms with Crippen LogP contribution in [0.3, 0.4) is 0 Å². The van der Waals surface area contributed by atoms with Crippen LogP contribution in [-0.2, 0) is 0 Å². The maximum atomic E-state index is 11.6. The number of nitrogens with two attached hydrogens (primary N) is 1. The van der Waals surface area contributed by atoms with Crippen molar-refractivity contribution < 1.29 is 14.7 Å². The number of aliphatic hydroxyl groups is 1. The van der Waals surface area contributed by atoms with Gasteiger partial charge in [0.05, 0.1) is 5.69 Å². The Labute approximate surface area is 116 Å². The molecule has 2 amide bonds. The van der Waals surface area contributed by atoms with Gasteiger partial charge in [0.1, 0.15) is 6.61 Å². The van der Waals surface area contributed by atoms with Gasteiger partial charge in [0, 0.05) is 11.1 Å². The molecular formula is C15H14N2O3. The number of hydrogen-bond acceptors (Lipinski definition) is 3. The standard InChI is InChI=1S/C15H14N2O3/c16-15(20)17-13-7-6-11(14(19)9-18)8-12(13)10-4-2-1-3-5-10/h1-8,18H,9H2,(H3,16,17,20). The van der Waals surface area contributed by atoms with Crippen molar-refractivity contribution in [3.8, 4) is 11.1 Å². The van der Waals surface area contributed by atoms with Crippen LogP contribution in [0.5, 0.6) is 0 Å². The van der Waals surface area contributed by atoms with Crippen molar-refractivity contribution in [3.05, 3.63) is 54.1 Å². The summed E-state index contributed by atoms with van der Waals surface area (Å²) in [6, 6.07) is 13.4. The number of rotatable bonds is 4. The van der Waals surface area contributed by atoms with Gasteiger partial charge in [-0.1, -0.05) is 30.3 Å². The predicted octanol–water partition coefficient (Wildman–Crippen LogP) is 2.02. The third-order valence-corrected chi connectivity index (χ3v) is 2.83. The van der Waals surface area contributed by atoms with E-state index in [-0.39, 0.29) is 5.78 Å². The number of amides is 2. The van der Waals surface area contributed by atoms with E-state index in [2.05, 4.69) is 5.32 Å². The van der Waals surface area contributed by atoms with Crippen LogP contribution in [0.4, 0.5) is 10.5 Å². The summed E-state index contributed by atoms with van der Waals surface area (Å²) < 4.78 is 0.